The zero-order valence-electron chi connectivity index (χ0n) is 30.7. The normalized spacial score (nSPS) is 23.0. The number of ether oxygens (including phenoxy) is 2. The predicted molar refractivity (Wildman–Crippen MR) is 209 cm³/mol. The number of halogens is 1. The summed E-state index contributed by atoms with van der Waals surface area (Å²) in [5, 5.41) is 33.6. The number of aliphatic hydroxyl groups is 2. The first kappa shape index (κ1) is 41.9. The van der Waals surface area contributed by atoms with Gasteiger partial charge >= 0.3 is 12.1 Å². The molecule has 2 aromatic carbocycles. The number of carboxylic acids is 1. The summed E-state index contributed by atoms with van der Waals surface area (Å²) >= 11 is 7.68. The van der Waals surface area contributed by atoms with Crippen molar-refractivity contribution in [2.24, 2.45) is 0 Å². The lowest BCUT2D eigenvalue weighted by atomic mass is 10.00. The molecule has 1 fully saturated rings. The molecule has 5 rings (SSSR count). The Morgan fingerprint density at radius 1 is 1.26 bits per heavy atom. The van der Waals surface area contributed by atoms with Crippen LogP contribution in [0.1, 0.15) is 55.5 Å². The molecule has 0 saturated carbocycles. The minimum Gasteiger partial charge on any atom is -0.495 e. The molecule has 3 aromatic rings. The summed E-state index contributed by atoms with van der Waals surface area (Å²) in [6.45, 7) is 3.43. The number of aliphatic carboxylic acids is 1. The number of nitrogens with two attached hydrogens (primary N) is 1. The van der Waals surface area contributed by atoms with Gasteiger partial charge in [-0.15, -0.1) is 11.8 Å². The quantitative estimate of drug-likeness (QED) is 0.218. The zero-order chi connectivity index (χ0) is 39.7. The van der Waals surface area contributed by atoms with Crippen molar-refractivity contribution in [1.29, 1.82) is 0 Å². The maximum Gasteiger partial charge on any atom is 0.409 e. The second kappa shape index (κ2) is 18.5. The molecule has 6 N–H and O–H groups in total. The van der Waals surface area contributed by atoms with Gasteiger partial charge in [0.05, 0.1) is 29.4 Å². The standard InChI is InChI=1S/C24H31ClN2O6S.C14H15N3O3/c1-15-6-4-5-9-24(31)13-17(33-23(30)26-24)14-34-21(29)8-7-20(28)27(2)18-11-16(10-15)12-19(32-3)22(18)25;1-8(14(19)20)17(2)13(18)10-5-6-11(15)12-9(10)4-3-7-16-12/h4-6,11-12,17,21,29,31H,7-10,13-14H2,1-3H3,(H,26,30);3-8H,15H2,1-2H3,(H,19,20)/b5-4+,15-6+;/t17?,21?,24-;8-/m10/s1. The lowest BCUT2D eigenvalue weighted by Gasteiger charge is -2.36. The van der Waals surface area contributed by atoms with Gasteiger partial charge in [-0.1, -0.05) is 41.5 Å². The van der Waals surface area contributed by atoms with E-state index in [1.54, 1.807) is 43.6 Å². The van der Waals surface area contributed by atoms with Crippen molar-refractivity contribution in [3.8, 4) is 5.75 Å². The van der Waals surface area contributed by atoms with Crippen molar-refractivity contribution in [3.63, 3.8) is 0 Å². The Morgan fingerprint density at radius 3 is 2.70 bits per heavy atom. The summed E-state index contributed by atoms with van der Waals surface area (Å²) in [4.78, 5) is 55.0. The summed E-state index contributed by atoms with van der Waals surface area (Å²) in [5.41, 5.74) is 7.48. The van der Waals surface area contributed by atoms with Crippen molar-refractivity contribution < 1.29 is 44.0 Å². The van der Waals surface area contributed by atoms with Crippen LogP contribution in [-0.2, 0) is 20.7 Å². The summed E-state index contributed by atoms with van der Waals surface area (Å²) in [6, 6.07) is 9.43. The van der Waals surface area contributed by atoms with Crippen molar-refractivity contribution in [2.45, 2.75) is 69.3 Å². The van der Waals surface area contributed by atoms with Crippen LogP contribution in [0, 0.1) is 0 Å². The van der Waals surface area contributed by atoms with Crippen LogP contribution in [0.25, 0.3) is 10.9 Å². The van der Waals surface area contributed by atoms with Crippen LogP contribution in [0.5, 0.6) is 5.75 Å². The number of aromatic nitrogens is 1. The molecular formula is C38H46ClN5O9S. The summed E-state index contributed by atoms with van der Waals surface area (Å²) in [7, 11) is 4.63. The molecule has 2 unspecified atom stereocenters. The van der Waals surface area contributed by atoms with Crippen molar-refractivity contribution >= 4 is 69.5 Å². The van der Waals surface area contributed by atoms with E-state index in [0.29, 0.717) is 50.8 Å². The maximum atomic E-state index is 12.9. The number of thioether (sulfide) groups is 1. The highest BCUT2D eigenvalue weighted by molar-refractivity contribution is 7.99. The van der Waals surface area contributed by atoms with Crippen LogP contribution in [0.4, 0.5) is 16.2 Å². The molecule has 54 heavy (non-hydrogen) atoms. The molecular weight excluding hydrogens is 738 g/mol. The van der Waals surface area contributed by atoms with E-state index in [0.717, 1.165) is 11.1 Å². The average molecular weight is 784 g/mol. The van der Waals surface area contributed by atoms with Gasteiger partial charge in [0.15, 0.2) is 0 Å². The highest BCUT2D eigenvalue weighted by Crippen LogP contribution is 2.37. The number of nitrogens with one attached hydrogen (secondary N) is 1. The van der Waals surface area contributed by atoms with Crippen LogP contribution < -0.4 is 20.7 Å². The number of carbonyl (C=O) groups is 4. The summed E-state index contributed by atoms with van der Waals surface area (Å²) < 4.78 is 10.7. The van der Waals surface area contributed by atoms with Crippen LogP contribution in [0.3, 0.4) is 0 Å². The number of aliphatic hydroxyl groups excluding tert-OH is 1. The van der Waals surface area contributed by atoms with Crippen molar-refractivity contribution in [3.05, 3.63) is 82.5 Å². The third-order valence-electron chi connectivity index (χ3n) is 9.03. The Kier molecular flexibility index (Phi) is 14.3. The van der Waals surface area contributed by atoms with E-state index in [9.17, 15) is 29.4 Å². The van der Waals surface area contributed by atoms with E-state index in [1.807, 2.05) is 31.2 Å². The van der Waals surface area contributed by atoms with Crippen molar-refractivity contribution in [1.82, 2.24) is 15.2 Å². The highest BCUT2D eigenvalue weighted by atomic mass is 35.5. The number of pyridine rings is 1. The topological polar surface area (TPSA) is 205 Å². The van der Waals surface area contributed by atoms with Crippen LogP contribution in [-0.4, -0.2) is 99.3 Å². The van der Waals surface area contributed by atoms with Gasteiger partial charge in [-0.25, -0.2) is 9.59 Å². The highest BCUT2D eigenvalue weighted by Gasteiger charge is 2.38. The number of hydrogen-bond acceptors (Lipinski definition) is 11. The minimum atomic E-state index is -1.43. The van der Waals surface area contributed by atoms with Gasteiger partial charge in [-0.3, -0.25) is 19.9 Å². The number of benzene rings is 2. The first-order chi connectivity index (χ1) is 25.5. The third kappa shape index (κ3) is 10.6. The lowest BCUT2D eigenvalue weighted by Crippen LogP contribution is -2.56. The lowest BCUT2D eigenvalue weighted by molar-refractivity contribution is -0.141. The fraction of sp³-hybridized carbons (Fsp3) is 0.395. The second-order valence-corrected chi connectivity index (χ2v) is 14.7. The summed E-state index contributed by atoms with van der Waals surface area (Å²) in [5.74, 6) is -0.855. The molecule has 2 aliphatic rings. The molecule has 290 valence electrons. The van der Waals surface area contributed by atoms with Gasteiger partial charge in [-0.2, -0.15) is 0 Å². The van der Waals surface area contributed by atoms with E-state index < -0.39 is 35.4 Å². The second-order valence-electron chi connectivity index (χ2n) is 13.2. The number of likely N-dealkylation sites (N-methyl/N-ethyl adjacent to an activating group) is 1. The van der Waals surface area contributed by atoms with Gasteiger partial charge in [0.1, 0.15) is 28.6 Å². The molecule has 14 nitrogen and oxygen atoms in total. The minimum absolute atomic E-state index is 0.104. The third-order valence-corrected chi connectivity index (χ3v) is 10.6. The van der Waals surface area contributed by atoms with Gasteiger partial charge in [0.25, 0.3) is 5.91 Å². The number of hydrogen-bond donors (Lipinski definition) is 5. The van der Waals surface area contributed by atoms with Crippen molar-refractivity contribution in [2.75, 3.05) is 37.6 Å². The molecule has 4 atom stereocenters. The first-order valence-corrected chi connectivity index (χ1v) is 18.6. The molecule has 16 heteroatoms. The predicted octanol–water partition coefficient (Wildman–Crippen LogP) is 5.14. The number of methoxy groups -OCH3 is 1. The SMILES string of the molecule is COc1cc2cc(c1Cl)N(C)C(=O)CCC(O)SCC1C[C@](O)(C/C=C/C=C(\C)C2)NC(=O)O1.C[C@@H](C(=O)O)N(C)C(=O)c1ccc(N)c2ncccc12. The number of carbonyl (C=O) groups excluding carboxylic acids is 3. The number of rotatable bonds is 4. The van der Waals surface area contributed by atoms with E-state index in [1.165, 1.54) is 42.6 Å². The summed E-state index contributed by atoms with van der Waals surface area (Å²) in [6.07, 6.45) is 7.23. The Bertz CT molecular complexity index is 1940. The van der Waals surface area contributed by atoms with Gasteiger partial charge in [-0.05, 0) is 62.6 Å². The fourth-order valence-electron chi connectivity index (χ4n) is 5.84. The number of carboxylic acid groups (broad SMARTS) is 1. The van der Waals surface area contributed by atoms with E-state index in [2.05, 4.69) is 10.3 Å². The van der Waals surface area contributed by atoms with E-state index in [4.69, 9.17) is 31.9 Å². The monoisotopic (exact) mass is 783 g/mol. The molecule has 2 aliphatic heterocycles. The van der Waals surface area contributed by atoms with Crippen LogP contribution in [0.2, 0.25) is 5.02 Å². The Morgan fingerprint density at radius 2 is 2.00 bits per heavy atom. The number of allylic oxidation sites excluding steroid dienone is 3. The Balaban J connectivity index is 0.000000276. The Hall–Kier alpha value is -4.83. The number of nitrogens with zero attached hydrogens (tertiary/aromatic N) is 3. The Labute approximate surface area is 322 Å². The molecule has 0 spiro atoms. The van der Waals surface area contributed by atoms with E-state index >= 15 is 0 Å². The number of amides is 3. The van der Waals surface area contributed by atoms with Crippen LogP contribution >= 0.6 is 23.4 Å². The largest absolute Gasteiger partial charge is 0.495 e. The van der Waals surface area contributed by atoms with Gasteiger partial charge in [0.2, 0.25) is 5.91 Å². The maximum absolute atomic E-state index is 12.9. The molecule has 3 amide bonds. The molecule has 4 bridgehead atoms. The molecule has 0 aliphatic carbocycles. The van der Waals surface area contributed by atoms with Crippen LogP contribution in [0.15, 0.2) is 66.4 Å². The zero-order valence-corrected chi connectivity index (χ0v) is 32.3. The number of fused-ring (bicyclic) bond motifs is 5. The number of alkyl carbamates (subject to hydrolysis) is 1. The number of nitrogen functional groups attached to an aromatic ring is 1. The molecule has 0 radical (unpaired) electrons. The smallest absolute Gasteiger partial charge is 0.409 e. The van der Waals surface area contributed by atoms with Gasteiger partial charge in [0, 0.05) is 56.3 Å². The first-order valence-electron chi connectivity index (χ1n) is 17.1. The van der Waals surface area contributed by atoms with Gasteiger partial charge < -0.3 is 40.3 Å². The molecule has 1 saturated heterocycles. The number of anilines is 2. The average Bonchev–Trinajstić information content (AvgIpc) is 3.14. The molecule has 3 heterocycles. The molecule has 1 aromatic heterocycles. The van der Waals surface area contributed by atoms with E-state index in [-0.39, 0.29) is 37.5 Å². The fourth-order valence-corrected chi connectivity index (χ4v) is 7.06.